The quantitative estimate of drug-likeness (QED) is 0.849. The molecule has 2 aliphatic heterocycles. The van der Waals surface area contributed by atoms with Crippen LogP contribution in [0.25, 0.3) is 0 Å². The monoisotopic (exact) mass is 314 g/mol. The summed E-state index contributed by atoms with van der Waals surface area (Å²) in [5.74, 6) is 1.25. The minimum absolute atomic E-state index is 0.171. The second kappa shape index (κ2) is 6.78. The molecule has 0 bridgehead atoms. The number of amides is 1. The molecule has 0 spiro atoms. The third-order valence-corrected chi connectivity index (χ3v) is 5.75. The zero-order valence-corrected chi connectivity index (χ0v) is 14.8. The Morgan fingerprint density at radius 3 is 2.52 bits per heavy atom. The van der Waals surface area contributed by atoms with E-state index in [9.17, 15) is 4.79 Å². The zero-order chi connectivity index (χ0) is 15.6. The Bertz CT molecular complexity index is 370. The number of rotatable bonds is 2. The standard InChI is InChI=1S/C16H30N2O2S/c1-11-13(17-14-8-10-21-12(14)2)7-6-9-18(11)15(19)20-16(3,4)5/h11-14,17H,6-10H2,1-5H3. The Balaban J connectivity index is 1.94. The first-order valence-electron chi connectivity index (χ1n) is 8.15. The van der Waals surface area contributed by atoms with Gasteiger partial charge in [0.1, 0.15) is 5.60 Å². The van der Waals surface area contributed by atoms with E-state index in [1.165, 1.54) is 12.2 Å². The summed E-state index contributed by atoms with van der Waals surface area (Å²) in [6.45, 7) is 11.0. The van der Waals surface area contributed by atoms with Crippen LogP contribution in [0.3, 0.4) is 0 Å². The first-order valence-corrected chi connectivity index (χ1v) is 9.20. The molecule has 1 N–H and O–H groups in total. The van der Waals surface area contributed by atoms with E-state index in [1.807, 2.05) is 37.4 Å². The maximum absolute atomic E-state index is 12.3. The van der Waals surface area contributed by atoms with Gasteiger partial charge >= 0.3 is 6.09 Å². The fourth-order valence-corrected chi connectivity index (χ4v) is 4.38. The summed E-state index contributed by atoms with van der Waals surface area (Å²) in [6.07, 6.45) is 3.26. The van der Waals surface area contributed by atoms with Crippen molar-refractivity contribution in [1.82, 2.24) is 10.2 Å². The van der Waals surface area contributed by atoms with E-state index in [4.69, 9.17) is 4.74 Å². The maximum atomic E-state index is 12.3. The molecule has 1 amide bonds. The molecular formula is C16H30N2O2S. The third kappa shape index (κ3) is 4.52. The van der Waals surface area contributed by atoms with Crippen LogP contribution in [0.15, 0.2) is 0 Å². The molecule has 4 atom stereocenters. The second-order valence-corrected chi connectivity index (χ2v) is 8.79. The summed E-state index contributed by atoms with van der Waals surface area (Å²) in [4.78, 5) is 14.2. The van der Waals surface area contributed by atoms with Crippen LogP contribution in [0.1, 0.15) is 53.9 Å². The average Bonchev–Trinajstić information content (AvgIpc) is 2.75. The lowest BCUT2D eigenvalue weighted by Crippen LogP contribution is -2.57. The number of hydrogen-bond donors (Lipinski definition) is 1. The molecule has 0 aromatic heterocycles. The van der Waals surface area contributed by atoms with Gasteiger partial charge in [0.05, 0.1) is 0 Å². The molecule has 5 heteroatoms. The first kappa shape index (κ1) is 16.9. The smallest absolute Gasteiger partial charge is 0.410 e. The molecule has 122 valence electrons. The third-order valence-electron chi connectivity index (χ3n) is 4.42. The van der Waals surface area contributed by atoms with Crippen molar-refractivity contribution < 1.29 is 9.53 Å². The van der Waals surface area contributed by atoms with Crippen LogP contribution in [0.2, 0.25) is 0 Å². The van der Waals surface area contributed by atoms with E-state index in [-0.39, 0.29) is 12.1 Å². The van der Waals surface area contributed by atoms with Gasteiger partial charge in [0, 0.05) is 29.9 Å². The highest BCUT2D eigenvalue weighted by Gasteiger charge is 2.36. The van der Waals surface area contributed by atoms with Gasteiger partial charge in [0.15, 0.2) is 0 Å². The molecule has 2 fully saturated rings. The molecule has 0 aromatic carbocycles. The summed E-state index contributed by atoms with van der Waals surface area (Å²) in [5.41, 5.74) is -0.423. The minimum atomic E-state index is -0.423. The molecular weight excluding hydrogens is 284 g/mol. The number of piperidine rings is 1. The van der Waals surface area contributed by atoms with Gasteiger partial charge in [-0.15, -0.1) is 0 Å². The summed E-state index contributed by atoms with van der Waals surface area (Å²) in [6, 6.07) is 1.17. The molecule has 2 rings (SSSR count). The van der Waals surface area contributed by atoms with E-state index < -0.39 is 5.60 Å². The number of hydrogen-bond acceptors (Lipinski definition) is 4. The van der Waals surface area contributed by atoms with E-state index in [0.29, 0.717) is 17.3 Å². The van der Waals surface area contributed by atoms with Crippen molar-refractivity contribution in [3.8, 4) is 0 Å². The van der Waals surface area contributed by atoms with Crippen LogP contribution in [0.4, 0.5) is 4.79 Å². The van der Waals surface area contributed by atoms with Crippen LogP contribution < -0.4 is 5.32 Å². The molecule has 2 heterocycles. The van der Waals surface area contributed by atoms with Crippen molar-refractivity contribution in [2.75, 3.05) is 12.3 Å². The van der Waals surface area contributed by atoms with Crippen molar-refractivity contribution in [2.24, 2.45) is 0 Å². The molecule has 4 nitrogen and oxygen atoms in total. The van der Waals surface area contributed by atoms with Gasteiger partial charge < -0.3 is 15.0 Å². The summed E-state index contributed by atoms with van der Waals surface area (Å²) < 4.78 is 5.54. The number of nitrogens with one attached hydrogen (secondary N) is 1. The lowest BCUT2D eigenvalue weighted by atomic mass is 9.96. The van der Waals surface area contributed by atoms with E-state index in [1.54, 1.807) is 0 Å². The largest absolute Gasteiger partial charge is 0.444 e. The molecule has 0 aliphatic carbocycles. The van der Waals surface area contributed by atoms with Gasteiger partial charge in [-0.1, -0.05) is 6.92 Å². The Morgan fingerprint density at radius 1 is 1.24 bits per heavy atom. The van der Waals surface area contributed by atoms with Crippen molar-refractivity contribution >= 4 is 17.9 Å². The number of carbonyl (C=O) groups is 1. The number of likely N-dealkylation sites (tertiary alicyclic amines) is 1. The van der Waals surface area contributed by atoms with Crippen LogP contribution in [0, 0.1) is 0 Å². The van der Waals surface area contributed by atoms with E-state index in [2.05, 4.69) is 19.2 Å². The Kier molecular flexibility index (Phi) is 5.47. The van der Waals surface area contributed by atoms with Crippen LogP contribution in [-0.4, -0.2) is 52.3 Å². The highest BCUT2D eigenvalue weighted by Crippen LogP contribution is 2.28. The molecule has 21 heavy (non-hydrogen) atoms. The fourth-order valence-electron chi connectivity index (χ4n) is 3.17. The van der Waals surface area contributed by atoms with Crippen molar-refractivity contribution in [3.63, 3.8) is 0 Å². The SMILES string of the molecule is CC1SCCC1NC1CCCN(C(=O)OC(C)(C)C)C1C. The number of nitrogens with zero attached hydrogens (tertiary/aromatic N) is 1. The normalized spacial score (nSPS) is 34.0. The summed E-state index contributed by atoms with van der Waals surface area (Å²) in [5, 5.41) is 4.47. The topological polar surface area (TPSA) is 41.6 Å². The summed E-state index contributed by atoms with van der Waals surface area (Å²) in [7, 11) is 0. The Labute approximate surface area is 133 Å². The molecule has 4 unspecified atom stereocenters. The number of ether oxygens (including phenoxy) is 1. The van der Waals surface area contributed by atoms with Crippen molar-refractivity contribution in [2.45, 2.75) is 82.9 Å². The number of thioether (sulfide) groups is 1. The summed E-state index contributed by atoms with van der Waals surface area (Å²) >= 11 is 2.04. The van der Waals surface area contributed by atoms with Gasteiger partial charge in [-0.3, -0.25) is 0 Å². The molecule has 0 aromatic rings. The first-order chi connectivity index (χ1) is 9.78. The average molecular weight is 314 g/mol. The van der Waals surface area contributed by atoms with Gasteiger partial charge in [-0.05, 0) is 52.7 Å². The molecule has 0 radical (unpaired) electrons. The lowest BCUT2D eigenvalue weighted by Gasteiger charge is -2.41. The lowest BCUT2D eigenvalue weighted by molar-refractivity contribution is 0.00636. The number of carbonyl (C=O) groups excluding carboxylic acids is 1. The predicted octanol–water partition coefficient (Wildman–Crippen LogP) is 3.26. The van der Waals surface area contributed by atoms with Gasteiger partial charge in [-0.2, -0.15) is 11.8 Å². The van der Waals surface area contributed by atoms with Crippen LogP contribution in [0.5, 0.6) is 0 Å². The molecule has 2 saturated heterocycles. The van der Waals surface area contributed by atoms with Crippen LogP contribution >= 0.6 is 11.8 Å². The van der Waals surface area contributed by atoms with E-state index in [0.717, 1.165) is 19.4 Å². The Hall–Kier alpha value is -0.420. The van der Waals surface area contributed by atoms with Crippen molar-refractivity contribution in [1.29, 1.82) is 0 Å². The fraction of sp³-hybridized carbons (Fsp3) is 0.938. The molecule has 2 aliphatic rings. The Morgan fingerprint density at radius 2 is 1.95 bits per heavy atom. The maximum Gasteiger partial charge on any atom is 0.410 e. The van der Waals surface area contributed by atoms with Crippen LogP contribution in [-0.2, 0) is 4.74 Å². The van der Waals surface area contributed by atoms with Crippen molar-refractivity contribution in [3.05, 3.63) is 0 Å². The predicted molar refractivity (Wildman–Crippen MR) is 88.9 cm³/mol. The van der Waals surface area contributed by atoms with E-state index >= 15 is 0 Å². The van der Waals surface area contributed by atoms with Gasteiger partial charge in [0.25, 0.3) is 0 Å². The zero-order valence-electron chi connectivity index (χ0n) is 14.0. The van der Waals surface area contributed by atoms with Gasteiger partial charge in [0.2, 0.25) is 0 Å². The highest BCUT2D eigenvalue weighted by atomic mass is 32.2. The minimum Gasteiger partial charge on any atom is -0.444 e. The highest BCUT2D eigenvalue weighted by molar-refractivity contribution is 8.00. The van der Waals surface area contributed by atoms with Gasteiger partial charge in [-0.25, -0.2) is 4.79 Å². The second-order valence-electron chi connectivity index (χ2n) is 7.30. The molecule has 0 saturated carbocycles.